The SMILES string of the molecule is C/C(=N\Nc1nc(-c2ccc([N+](=O)[O-])cc2)cs1)c1cccs1. The van der Waals surface area contributed by atoms with Gasteiger partial charge in [-0.25, -0.2) is 4.98 Å². The number of hydrogen-bond acceptors (Lipinski definition) is 7. The fraction of sp³-hybridized carbons (Fsp3) is 0.0667. The summed E-state index contributed by atoms with van der Waals surface area (Å²) in [6.07, 6.45) is 0. The number of rotatable bonds is 5. The number of hydrazone groups is 1. The third-order valence-electron chi connectivity index (χ3n) is 3.08. The lowest BCUT2D eigenvalue weighted by Crippen LogP contribution is -1.96. The van der Waals surface area contributed by atoms with E-state index in [1.807, 2.05) is 29.8 Å². The molecule has 2 aromatic heterocycles. The normalized spacial score (nSPS) is 11.4. The standard InChI is InChI=1S/C15H12N4O2S2/c1-10(14-3-2-8-22-14)17-18-15-16-13(9-23-15)11-4-6-12(7-5-11)19(20)21/h2-9H,1H3,(H,16,18)/b17-10+. The van der Waals surface area contributed by atoms with Gasteiger partial charge in [0.25, 0.3) is 5.69 Å². The molecule has 0 aliphatic carbocycles. The van der Waals surface area contributed by atoms with Gasteiger partial charge in [-0.05, 0) is 30.5 Å². The largest absolute Gasteiger partial charge is 0.269 e. The summed E-state index contributed by atoms with van der Waals surface area (Å²) in [6, 6.07) is 10.3. The predicted octanol–water partition coefficient (Wildman–Crippen LogP) is 4.62. The van der Waals surface area contributed by atoms with Crippen LogP contribution in [0, 0.1) is 10.1 Å². The van der Waals surface area contributed by atoms with Crippen molar-refractivity contribution in [3.63, 3.8) is 0 Å². The Labute approximate surface area is 140 Å². The maximum atomic E-state index is 10.7. The molecule has 116 valence electrons. The van der Waals surface area contributed by atoms with Crippen molar-refractivity contribution in [3.05, 3.63) is 62.1 Å². The molecule has 0 unspecified atom stereocenters. The number of nitrogens with one attached hydrogen (secondary N) is 1. The summed E-state index contributed by atoms with van der Waals surface area (Å²) in [4.78, 5) is 15.8. The first-order valence-corrected chi connectivity index (χ1v) is 8.44. The zero-order chi connectivity index (χ0) is 16.2. The summed E-state index contributed by atoms with van der Waals surface area (Å²) in [7, 11) is 0. The van der Waals surface area contributed by atoms with Crippen molar-refractivity contribution in [2.45, 2.75) is 6.92 Å². The van der Waals surface area contributed by atoms with Crippen LogP contribution in [0.4, 0.5) is 10.8 Å². The highest BCUT2D eigenvalue weighted by Crippen LogP contribution is 2.26. The zero-order valence-corrected chi connectivity index (χ0v) is 13.7. The smallest absolute Gasteiger partial charge is 0.258 e. The van der Waals surface area contributed by atoms with Gasteiger partial charge >= 0.3 is 0 Å². The van der Waals surface area contributed by atoms with Gasteiger partial charge in [-0.2, -0.15) is 5.10 Å². The van der Waals surface area contributed by atoms with Gasteiger partial charge in [-0.3, -0.25) is 15.5 Å². The summed E-state index contributed by atoms with van der Waals surface area (Å²) in [5, 5.41) is 19.6. The lowest BCUT2D eigenvalue weighted by atomic mass is 10.1. The molecule has 2 heterocycles. The number of nitro benzene ring substituents is 1. The number of benzene rings is 1. The van der Waals surface area contributed by atoms with Gasteiger partial charge in [0.15, 0.2) is 0 Å². The molecule has 0 saturated carbocycles. The first-order chi connectivity index (χ1) is 11.1. The van der Waals surface area contributed by atoms with Crippen molar-refractivity contribution >= 4 is 39.2 Å². The number of nitro groups is 1. The van der Waals surface area contributed by atoms with Crippen molar-refractivity contribution in [1.82, 2.24) is 4.98 Å². The van der Waals surface area contributed by atoms with Crippen LogP contribution in [-0.2, 0) is 0 Å². The van der Waals surface area contributed by atoms with Crippen molar-refractivity contribution in [3.8, 4) is 11.3 Å². The Kier molecular flexibility index (Phi) is 4.45. The van der Waals surface area contributed by atoms with E-state index < -0.39 is 4.92 Å². The van der Waals surface area contributed by atoms with Crippen LogP contribution >= 0.6 is 22.7 Å². The number of thiophene rings is 1. The highest BCUT2D eigenvalue weighted by atomic mass is 32.1. The molecule has 0 bridgehead atoms. The van der Waals surface area contributed by atoms with E-state index in [1.165, 1.54) is 23.5 Å². The predicted molar refractivity (Wildman–Crippen MR) is 94.4 cm³/mol. The minimum Gasteiger partial charge on any atom is -0.258 e. The second-order valence-electron chi connectivity index (χ2n) is 4.63. The van der Waals surface area contributed by atoms with Crippen molar-refractivity contribution in [2.24, 2.45) is 5.10 Å². The minimum absolute atomic E-state index is 0.0681. The van der Waals surface area contributed by atoms with E-state index in [0.29, 0.717) is 5.13 Å². The molecule has 0 aliphatic rings. The van der Waals surface area contributed by atoms with Gasteiger partial charge in [0.1, 0.15) is 0 Å². The number of hydrogen-bond donors (Lipinski definition) is 1. The van der Waals surface area contributed by atoms with E-state index in [0.717, 1.165) is 21.8 Å². The van der Waals surface area contributed by atoms with E-state index in [4.69, 9.17) is 0 Å². The van der Waals surface area contributed by atoms with Crippen LogP contribution in [0.5, 0.6) is 0 Å². The first kappa shape index (κ1) is 15.3. The van der Waals surface area contributed by atoms with Crippen LogP contribution in [0.1, 0.15) is 11.8 Å². The van der Waals surface area contributed by atoms with Crippen LogP contribution in [0.3, 0.4) is 0 Å². The van der Waals surface area contributed by atoms with Gasteiger partial charge in [-0.1, -0.05) is 6.07 Å². The van der Waals surface area contributed by atoms with E-state index in [1.54, 1.807) is 23.5 Å². The lowest BCUT2D eigenvalue weighted by molar-refractivity contribution is -0.384. The van der Waals surface area contributed by atoms with Gasteiger partial charge < -0.3 is 0 Å². The number of non-ortho nitro benzene ring substituents is 1. The lowest BCUT2D eigenvalue weighted by Gasteiger charge is -1.98. The fourth-order valence-electron chi connectivity index (χ4n) is 1.88. The number of nitrogens with zero attached hydrogens (tertiary/aromatic N) is 3. The number of aromatic nitrogens is 1. The maximum Gasteiger partial charge on any atom is 0.269 e. The molecule has 23 heavy (non-hydrogen) atoms. The van der Waals surface area contributed by atoms with Gasteiger partial charge in [0.2, 0.25) is 5.13 Å². The quantitative estimate of drug-likeness (QED) is 0.416. The molecule has 0 radical (unpaired) electrons. The Hall–Kier alpha value is -2.58. The van der Waals surface area contributed by atoms with E-state index >= 15 is 0 Å². The molecule has 3 aromatic rings. The second kappa shape index (κ2) is 6.67. The third kappa shape index (κ3) is 3.61. The van der Waals surface area contributed by atoms with Crippen LogP contribution in [-0.4, -0.2) is 15.6 Å². The molecule has 0 spiro atoms. The van der Waals surface area contributed by atoms with E-state index in [-0.39, 0.29) is 5.69 Å². The minimum atomic E-state index is -0.417. The van der Waals surface area contributed by atoms with Crippen LogP contribution < -0.4 is 5.43 Å². The molecule has 0 fully saturated rings. The Morgan fingerprint density at radius 2 is 2.04 bits per heavy atom. The summed E-state index contributed by atoms with van der Waals surface area (Å²) in [6.45, 7) is 1.93. The molecule has 0 atom stereocenters. The summed E-state index contributed by atoms with van der Waals surface area (Å²) >= 11 is 3.06. The van der Waals surface area contributed by atoms with Crippen LogP contribution in [0.15, 0.2) is 52.3 Å². The molecule has 6 nitrogen and oxygen atoms in total. The molecular weight excluding hydrogens is 332 g/mol. The summed E-state index contributed by atoms with van der Waals surface area (Å²) in [5.41, 5.74) is 5.50. The highest BCUT2D eigenvalue weighted by Gasteiger charge is 2.08. The molecule has 1 aromatic carbocycles. The molecule has 0 aliphatic heterocycles. The maximum absolute atomic E-state index is 10.7. The van der Waals surface area contributed by atoms with E-state index in [2.05, 4.69) is 15.5 Å². The van der Waals surface area contributed by atoms with Crippen molar-refractivity contribution in [1.29, 1.82) is 0 Å². The van der Waals surface area contributed by atoms with Crippen LogP contribution in [0.25, 0.3) is 11.3 Å². The Morgan fingerprint density at radius 1 is 1.26 bits per heavy atom. The Bertz CT molecular complexity index is 839. The second-order valence-corrected chi connectivity index (χ2v) is 6.43. The third-order valence-corrected chi connectivity index (χ3v) is 4.80. The summed E-state index contributed by atoms with van der Waals surface area (Å²) in [5.74, 6) is 0. The van der Waals surface area contributed by atoms with Crippen molar-refractivity contribution in [2.75, 3.05) is 5.43 Å². The average molecular weight is 344 g/mol. The zero-order valence-electron chi connectivity index (χ0n) is 12.1. The molecule has 3 rings (SSSR count). The molecule has 0 amide bonds. The topological polar surface area (TPSA) is 80.4 Å². The van der Waals surface area contributed by atoms with Crippen molar-refractivity contribution < 1.29 is 4.92 Å². The van der Waals surface area contributed by atoms with Gasteiger partial charge in [0.05, 0.1) is 16.3 Å². The fourth-order valence-corrected chi connectivity index (χ4v) is 3.22. The van der Waals surface area contributed by atoms with E-state index in [9.17, 15) is 10.1 Å². The molecule has 1 N–H and O–H groups in total. The number of thiazole rings is 1. The van der Waals surface area contributed by atoms with Gasteiger partial charge in [-0.15, -0.1) is 22.7 Å². The first-order valence-electron chi connectivity index (χ1n) is 6.68. The van der Waals surface area contributed by atoms with Crippen LogP contribution in [0.2, 0.25) is 0 Å². The summed E-state index contributed by atoms with van der Waals surface area (Å²) < 4.78 is 0. The number of anilines is 1. The molecule has 8 heteroatoms. The monoisotopic (exact) mass is 344 g/mol. The molecular formula is C15H12N4O2S2. The average Bonchev–Trinajstić information content (AvgIpc) is 3.24. The Morgan fingerprint density at radius 3 is 2.70 bits per heavy atom. The Balaban J connectivity index is 1.73. The molecule has 0 saturated heterocycles. The highest BCUT2D eigenvalue weighted by molar-refractivity contribution is 7.14. The van der Waals surface area contributed by atoms with Gasteiger partial charge in [0, 0.05) is 28.0 Å².